The van der Waals surface area contributed by atoms with Crippen LogP contribution in [0.5, 0.6) is 0 Å². The minimum atomic E-state index is -0.855. The van der Waals surface area contributed by atoms with Gasteiger partial charge in [0.2, 0.25) is 5.91 Å². The predicted octanol–water partition coefficient (Wildman–Crippen LogP) is 16.5. The van der Waals surface area contributed by atoms with Crippen LogP contribution in [0, 0.1) is 0 Å². The Bertz CT molecular complexity index is 1010. The molecule has 0 aliphatic rings. The molecule has 62 heavy (non-hydrogen) atoms. The first-order valence-electron chi connectivity index (χ1n) is 27.3. The van der Waals surface area contributed by atoms with E-state index in [1.54, 1.807) is 6.08 Å². The number of hydrogen-bond acceptors (Lipinski definition) is 5. The van der Waals surface area contributed by atoms with Gasteiger partial charge in [-0.25, -0.2) is 0 Å². The van der Waals surface area contributed by atoms with Crippen LogP contribution in [0.15, 0.2) is 36.5 Å². The Hall–Kier alpha value is -1.92. The molecule has 6 heteroatoms. The van der Waals surface area contributed by atoms with Gasteiger partial charge in [-0.2, -0.15) is 0 Å². The topological polar surface area (TPSA) is 95.9 Å². The molecule has 0 spiro atoms. The zero-order valence-corrected chi connectivity index (χ0v) is 41.4. The fraction of sp³-hybridized carbons (Fsp3) is 0.857. The molecule has 0 saturated heterocycles. The summed E-state index contributed by atoms with van der Waals surface area (Å²) in [5, 5.41) is 23.1. The highest BCUT2D eigenvalue weighted by atomic mass is 16.5. The summed E-state index contributed by atoms with van der Waals surface area (Å²) in [5.74, 6) is -0.0991. The van der Waals surface area contributed by atoms with Gasteiger partial charge in [-0.15, -0.1) is 0 Å². The van der Waals surface area contributed by atoms with E-state index in [0.717, 1.165) is 64.2 Å². The Kier molecular flexibility index (Phi) is 50.1. The van der Waals surface area contributed by atoms with E-state index in [0.29, 0.717) is 19.4 Å². The van der Waals surface area contributed by atoms with Crippen LogP contribution in [0.1, 0.15) is 284 Å². The Morgan fingerprint density at radius 1 is 0.435 bits per heavy atom. The number of amides is 1. The largest absolute Gasteiger partial charge is 0.466 e. The van der Waals surface area contributed by atoms with Gasteiger partial charge in [0, 0.05) is 12.8 Å². The first-order valence-corrected chi connectivity index (χ1v) is 27.3. The Balaban J connectivity index is 3.52. The molecule has 0 radical (unpaired) electrons. The number of carbonyl (C=O) groups is 2. The lowest BCUT2D eigenvalue weighted by atomic mass is 10.0. The molecule has 2 unspecified atom stereocenters. The molecule has 0 bridgehead atoms. The number of nitrogens with one attached hydrogen (secondary N) is 1. The Morgan fingerprint density at radius 3 is 1.18 bits per heavy atom. The Morgan fingerprint density at radius 2 is 0.758 bits per heavy atom. The highest BCUT2D eigenvalue weighted by molar-refractivity contribution is 5.76. The van der Waals surface area contributed by atoms with Crippen molar-refractivity contribution in [2.45, 2.75) is 296 Å². The summed E-state index contributed by atoms with van der Waals surface area (Å²) in [6.45, 7) is 4.85. The number of hydrogen-bond donors (Lipinski definition) is 3. The van der Waals surface area contributed by atoms with Crippen LogP contribution in [0.2, 0.25) is 0 Å². The van der Waals surface area contributed by atoms with Crippen LogP contribution in [0.4, 0.5) is 0 Å². The molecule has 6 nitrogen and oxygen atoms in total. The van der Waals surface area contributed by atoms with Crippen molar-refractivity contribution in [3.05, 3.63) is 36.5 Å². The lowest BCUT2D eigenvalue weighted by Crippen LogP contribution is -2.45. The highest BCUT2D eigenvalue weighted by Gasteiger charge is 2.18. The third-order valence-electron chi connectivity index (χ3n) is 12.4. The summed E-state index contributed by atoms with van der Waals surface area (Å²) in [6, 6.07) is -0.640. The van der Waals surface area contributed by atoms with Gasteiger partial charge < -0.3 is 20.3 Å². The number of esters is 1. The second-order valence-electron chi connectivity index (χ2n) is 18.5. The summed E-state index contributed by atoms with van der Waals surface area (Å²) >= 11 is 0. The van der Waals surface area contributed by atoms with Crippen LogP contribution in [-0.2, 0) is 14.3 Å². The number of carbonyl (C=O) groups excluding carboxylic acids is 2. The monoisotopic (exact) mass is 872 g/mol. The second-order valence-corrected chi connectivity index (χ2v) is 18.5. The van der Waals surface area contributed by atoms with Gasteiger partial charge in [-0.1, -0.05) is 224 Å². The molecular formula is C56H105NO5. The average molecular weight is 872 g/mol. The lowest BCUT2D eigenvalue weighted by Gasteiger charge is -2.20. The smallest absolute Gasteiger partial charge is 0.305 e. The summed E-state index contributed by atoms with van der Waals surface area (Å²) in [5.41, 5.74) is 0. The van der Waals surface area contributed by atoms with Gasteiger partial charge in [0.05, 0.1) is 25.4 Å². The molecule has 3 N–H and O–H groups in total. The molecule has 0 aromatic rings. The fourth-order valence-corrected chi connectivity index (χ4v) is 8.15. The molecule has 0 aliphatic heterocycles. The minimum absolute atomic E-state index is 0.0143. The Labute approximate surface area is 385 Å². The van der Waals surface area contributed by atoms with Crippen molar-refractivity contribution in [3.63, 3.8) is 0 Å². The molecule has 0 saturated carbocycles. The van der Waals surface area contributed by atoms with E-state index < -0.39 is 12.1 Å². The predicted molar refractivity (Wildman–Crippen MR) is 269 cm³/mol. The molecule has 2 atom stereocenters. The van der Waals surface area contributed by atoms with E-state index in [-0.39, 0.29) is 18.5 Å². The van der Waals surface area contributed by atoms with Crippen molar-refractivity contribution in [3.8, 4) is 0 Å². The maximum absolute atomic E-state index is 12.4. The van der Waals surface area contributed by atoms with E-state index in [1.165, 1.54) is 193 Å². The van der Waals surface area contributed by atoms with Gasteiger partial charge in [0.1, 0.15) is 0 Å². The molecular weight excluding hydrogens is 767 g/mol. The number of ether oxygens (including phenoxy) is 1. The molecule has 0 aliphatic carbocycles. The molecule has 364 valence electrons. The number of allylic oxidation sites excluding steroid dienone is 5. The fourth-order valence-electron chi connectivity index (χ4n) is 8.15. The van der Waals surface area contributed by atoms with Crippen LogP contribution >= 0.6 is 0 Å². The van der Waals surface area contributed by atoms with Crippen molar-refractivity contribution in [2.75, 3.05) is 13.2 Å². The van der Waals surface area contributed by atoms with Gasteiger partial charge >= 0.3 is 5.97 Å². The second kappa shape index (κ2) is 51.7. The van der Waals surface area contributed by atoms with Crippen molar-refractivity contribution >= 4 is 11.9 Å². The maximum Gasteiger partial charge on any atom is 0.305 e. The summed E-state index contributed by atoms with van der Waals surface area (Å²) in [6.07, 6.45) is 62.9. The maximum atomic E-state index is 12.4. The summed E-state index contributed by atoms with van der Waals surface area (Å²) in [4.78, 5) is 24.4. The number of rotatable bonds is 50. The van der Waals surface area contributed by atoms with Crippen LogP contribution < -0.4 is 5.32 Å². The van der Waals surface area contributed by atoms with Crippen LogP contribution in [0.3, 0.4) is 0 Å². The minimum Gasteiger partial charge on any atom is -0.466 e. The molecule has 0 rings (SSSR count). The van der Waals surface area contributed by atoms with E-state index in [2.05, 4.69) is 43.5 Å². The van der Waals surface area contributed by atoms with E-state index in [9.17, 15) is 19.8 Å². The average Bonchev–Trinajstić information content (AvgIpc) is 3.27. The third-order valence-corrected chi connectivity index (χ3v) is 12.4. The summed E-state index contributed by atoms with van der Waals surface area (Å²) in [7, 11) is 0. The third kappa shape index (κ3) is 47.6. The molecule has 0 heterocycles. The van der Waals surface area contributed by atoms with E-state index in [1.807, 2.05) is 6.08 Å². The molecule has 1 amide bonds. The summed E-state index contributed by atoms with van der Waals surface area (Å²) < 4.78 is 5.45. The quantitative estimate of drug-likeness (QED) is 0.0321. The van der Waals surface area contributed by atoms with Gasteiger partial charge in [0.25, 0.3) is 0 Å². The van der Waals surface area contributed by atoms with Crippen molar-refractivity contribution in [2.24, 2.45) is 0 Å². The standard InChI is InChI=1S/C56H105NO5/c1-3-5-7-9-11-13-15-17-18-19-22-25-28-32-36-40-44-48-54(59)53(52-58)57-55(60)49-45-41-37-33-29-26-23-20-21-24-27-31-35-39-43-47-51-62-56(61)50-46-42-38-34-30-16-14-12-10-8-6-4-2/h12,14,20,23,44,48,53-54,58-59H,3-11,13,15-19,21-22,24-43,45-47,49-52H2,1-2H3,(H,57,60)/b14-12-,23-20-,48-44+. The molecule has 0 aromatic carbocycles. The van der Waals surface area contributed by atoms with Gasteiger partial charge in [-0.3, -0.25) is 9.59 Å². The lowest BCUT2D eigenvalue weighted by molar-refractivity contribution is -0.143. The zero-order chi connectivity index (χ0) is 45.1. The normalized spacial score (nSPS) is 12.9. The van der Waals surface area contributed by atoms with E-state index >= 15 is 0 Å². The van der Waals surface area contributed by atoms with E-state index in [4.69, 9.17) is 4.74 Å². The van der Waals surface area contributed by atoms with Gasteiger partial charge in [-0.05, 0) is 83.5 Å². The molecule has 0 aromatic heterocycles. The SMILES string of the molecule is CCCCC/C=C\CCCCCCCC(=O)OCCCCCCCCC/C=C\CCCCCCCC(=O)NC(CO)C(O)/C=C/CCCCCCCCCCCCCCCCC. The number of unbranched alkanes of at least 4 members (excludes halogenated alkanes) is 35. The van der Waals surface area contributed by atoms with Gasteiger partial charge in [0.15, 0.2) is 0 Å². The first kappa shape index (κ1) is 60.1. The highest BCUT2D eigenvalue weighted by Crippen LogP contribution is 2.15. The number of aliphatic hydroxyl groups excluding tert-OH is 2. The van der Waals surface area contributed by atoms with Crippen molar-refractivity contribution in [1.82, 2.24) is 5.32 Å². The van der Waals surface area contributed by atoms with Crippen molar-refractivity contribution in [1.29, 1.82) is 0 Å². The number of aliphatic hydroxyl groups is 2. The van der Waals surface area contributed by atoms with Crippen molar-refractivity contribution < 1.29 is 24.5 Å². The first-order chi connectivity index (χ1) is 30.5. The van der Waals surface area contributed by atoms with Crippen LogP contribution in [-0.4, -0.2) is 47.4 Å². The molecule has 0 fully saturated rings. The van der Waals surface area contributed by atoms with Crippen LogP contribution in [0.25, 0.3) is 0 Å². The zero-order valence-electron chi connectivity index (χ0n) is 41.4.